The summed E-state index contributed by atoms with van der Waals surface area (Å²) < 4.78 is 5.58. The molecule has 0 amide bonds. The van der Waals surface area contributed by atoms with E-state index in [1.165, 1.54) is 0 Å². The lowest BCUT2D eigenvalue weighted by molar-refractivity contribution is 0.0180. The van der Waals surface area contributed by atoms with Gasteiger partial charge in [-0.1, -0.05) is 48.5 Å². The molecule has 0 saturated carbocycles. The van der Waals surface area contributed by atoms with Crippen LogP contribution in [0, 0.1) is 0 Å². The normalized spacial score (nSPS) is 18.5. The third-order valence-corrected chi connectivity index (χ3v) is 3.54. The first-order valence-electron chi connectivity index (χ1n) is 6.68. The molecule has 0 radical (unpaired) electrons. The number of cyclic esters (lactones) is 1. The second kappa shape index (κ2) is 4.64. The highest BCUT2D eigenvalue weighted by Crippen LogP contribution is 2.38. The third kappa shape index (κ3) is 2.14. The van der Waals surface area contributed by atoms with Gasteiger partial charge >= 0.3 is 5.97 Å². The summed E-state index contributed by atoms with van der Waals surface area (Å²) in [4.78, 5) is 12.0. The molecule has 0 N–H and O–H groups in total. The smallest absolute Gasteiger partial charge is 0.339 e. The fourth-order valence-electron chi connectivity index (χ4n) is 2.53. The Balaban J connectivity index is 2.20. The van der Waals surface area contributed by atoms with Gasteiger partial charge in [0.25, 0.3) is 0 Å². The molecule has 3 rings (SSSR count). The van der Waals surface area contributed by atoms with E-state index in [0.717, 1.165) is 16.7 Å². The van der Waals surface area contributed by atoms with E-state index in [9.17, 15) is 4.79 Å². The quantitative estimate of drug-likeness (QED) is 0.722. The van der Waals surface area contributed by atoms with Crippen molar-refractivity contribution in [2.75, 3.05) is 0 Å². The summed E-state index contributed by atoms with van der Waals surface area (Å²) in [5.41, 5.74) is 3.09. The van der Waals surface area contributed by atoms with Crippen LogP contribution >= 0.6 is 0 Å². The fourth-order valence-corrected chi connectivity index (χ4v) is 2.53. The maximum atomic E-state index is 12.0. The molecule has 100 valence electrons. The number of ether oxygens (including phenoxy) is 1. The second-order valence-electron chi connectivity index (χ2n) is 5.41. The average Bonchev–Trinajstić information content (AvgIpc) is 2.44. The van der Waals surface area contributed by atoms with E-state index in [1.807, 2.05) is 68.4 Å². The van der Waals surface area contributed by atoms with Crippen LogP contribution in [0.4, 0.5) is 0 Å². The monoisotopic (exact) mass is 264 g/mol. The topological polar surface area (TPSA) is 26.3 Å². The average molecular weight is 264 g/mol. The van der Waals surface area contributed by atoms with Crippen LogP contribution in [0.1, 0.15) is 35.3 Å². The van der Waals surface area contributed by atoms with Crippen molar-refractivity contribution < 1.29 is 9.53 Å². The minimum absolute atomic E-state index is 0.254. The Morgan fingerprint density at radius 1 is 0.900 bits per heavy atom. The molecule has 1 aliphatic rings. The summed E-state index contributed by atoms with van der Waals surface area (Å²) in [6.45, 7) is 3.85. The van der Waals surface area contributed by atoms with Crippen LogP contribution in [0.2, 0.25) is 0 Å². The predicted octanol–water partition coefficient (Wildman–Crippen LogP) is 4.18. The van der Waals surface area contributed by atoms with Crippen molar-refractivity contribution in [3.05, 3.63) is 71.3 Å². The Hall–Kier alpha value is -2.35. The van der Waals surface area contributed by atoms with Gasteiger partial charge in [-0.25, -0.2) is 4.79 Å². The minimum Gasteiger partial charge on any atom is -0.451 e. The summed E-state index contributed by atoms with van der Waals surface area (Å²) in [5, 5.41) is 0. The molecule has 0 spiro atoms. The van der Waals surface area contributed by atoms with Gasteiger partial charge in [-0.2, -0.15) is 0 Å². The molecule has 0 saturated heterocycles. The number of hydrogen-bond donors (Lipinski definition) is 0. The standard InChI is InChI=1S/C18H16O2/c1-18(2)16(12-13-8-4-3-5-9-13)14-10-6-7-11-15(14)17(19)20-18/h3-12H,1-2H3/b16-12-. The van der Waals surface area contributed by atoms with E-state index in [4.69, 9.17) is 4.74 Å². The van der Waals surface area contributed by atoms with Crippen molar-refractivity contribution in [2.24, 2.45) is 0 Å². The lowest BCUT2D eigenvalue weighted by atomic mass is 9.84. The van der Waals surface area contributed by atoms with Crippen molar-refractivity contribution in [1.29, 1.82) is 0 Å². The molecule has 0 atom stereocenters. The molecule has 0 bridgehead atoms. The molecule has 2 nitrogen and oxygen atoms in total. The Labute approximate surface area is 118 Å². The largest absolute Gasteiger partial charge is 0.451 e. The molecule has 0 aliphatic carbocycles. The van der Waals surface area contributed by atoms with Gasteiger partial charge in [-0.05, 0) is 37.1 Å². The third-order valence-electron chi connectivity index (χ3n) is 3.54. The van der Waals surface area contributed by atoms with Crippen LogP contribution < -0.4 is 0 Å². The number of hydrogen-bond acceptors (Lipinski definition) is 2. The number of esters is 1. The number of fused-ring (bicyclic) bond motifs is 1. The van der Waals surface area contributed by atoms with Crippen molar-refractivity contribution in [3.63, 3.8) is 0 Å². The molecule has 2 aromatic rings. The summed E-state index contributed by atoms with van der Waals surface area (Å²) >= 11 is 0. The molecule has 1 heterocycles. The fraction of sp³-hybridized carbons (Fsp3) is 0.167. The Bertz CT molecular complexity index is 682. The van der Waals surface area contributed by atoms with Gasteiger partial charge in [-0.3, -0.25) is 0 Å². The van der Waals surface area contributed by atoms with E-state index < -0.39 is 5.60 Å². The van der Waals surface area contributed by atoms with Crippen molar-refractivity contribution >= 4 is 17.6 Å². The van der Waals surface area contributed by atoms with E-state index in [2.05, 4.69) is 6.08 Å². The molecule has 0 fully saturated rings. The van der Waals surface area contributed by atoms with Crippen LogP contribution in [0.5, 0.6) is 0 Å². The molecule has 0 unspecified atom stereocenters. The SMILES string of the molecule is CC1(C)OC(=O)c2ccccc2/C1=C/c1ccccc1. The lowest BCUT2D eigenvalue weighted by Gasteiger charge is -2.34. The number of carbonyl (C=O) groups excluding carboxylic acids is 1. The van der Waals surface area contributed by atoms with E-state index in [0.29, 0.717) is 5.56 Å². The highest BCUT2D eigenvalue weighted by atomic mass is 16.6. The summed E-state index contributed by atoms with van der Waals surface area (Å²) in [7, 11) is 0. The van der Waals surface area contributed by atoms with Gasteiger partial charge in [0.1, 0.15) is 5.60 Å². The number of carbonyl (C=O) groups is 1. The highest BCUT2D eigenvalue weighted by Gasteiger charge is 2.36. The van der Waals surface area contributed by atoms with Crippen LogP contribution in [0.3, 0.4) is 0 Å². The van der Waals surface area contributed by atoms with E-state index in [-0.39, 0.29) is 5.97 Å². The zero-order valence-corrected chi connectivity index (χ0v) is 11.6. The van der Waals surface area contributed by atoms with Gasteiger partial charge in [-0.15, -0.1) is 0 Å². The second-order valence-corrected chi connectivity index (χ2v) is 5.41. The highest BCUT2D eigenvalue weighted by molar-refractivity contribution is 6.03. The maximum absolute atomic E-state index is 12.0. The van der Waals surface area contributed by atoms with Gasteiger partial charge in [0.05, 0.1) is 5.56 Å². The lowest BCUT2D eigenvalue weighted by Crippen LogP contribution is -2.34. The first-order valence-corrected chi connectivity index (χ1v) is 6.68. The summed E-state index contributed by atoms with van der Waals surface area (Å²) in [6.07, 6.45) is 2.09. The first-order chi connectivity index (χ1) is 9.58. The first kappa shape index (κ1) is 12.7. The molecule has 1 aliphatic heterocycles. The molecule has 20 heavy (non-hydrogen) atoms. The van der Waals surface area contributed by atoms with Crippen molar-refractivity contribution in [1.82, 2.24) is 0 Å². The number of rotatable bonds is 1. The molecule has 0 aromatic heterocycles. The van der Waals surface area contributed by atoms with Crippen molar-refractivity contribution in [2.45, 2.75) is 19.4 Å². The Morgan fingerprint density at radius 2 is 1.50 bits per heavy atom. The Kier molecular flexibility index (Phi) is 2.94. The van der Waals surface area contributed by atoms with Gasteiger partial charge in [0.2, 0.25) is 0 Å². The minimum atomic E-state index is -0.624. The van der Waals surface area contributed by atoms with E-state index in [1.54, 1.807) is 0 Å². The molecule has 2 heteroatoms. The van der Waals surface area contributed by atoms with Gasteiger partial charge in [0, 0.05) is 5.57 Å². The van der Waals surface area contributed by atoms with Crippen LogP contribution in [0.15, 0.2) is 54.6 Å². The van der Waals surface area contributed by atoms with Crippen molar-refractivity contribution in [3.8, 4) is 0 Å². The summed E-state index contributed by atoms with van der Waals surface area (Å²) in [5.74, 6) is -0.254. The zero-order valence-electron chi connectivity index (χ0n) is 11.6. The molecular formula is C18H16O2. The Morgan fingerprint density at radius 3 is 2.20 bits per heavy atom. The van der Waals surface area contributed by atoms with E-state index >= 15 is 0 Å². The maximum Gasteiger partial charge on any atom is 0.339 e. The molecule has 2 aromatic carbocycles. The van der Waals surface area contributed by atoms with Gasteiger partial charge < -0.3 is 4.74 Å². The van der Waals surface area contributed by atoms with Crippen LogP contribution in [0.25, 0.3) is 11.6 Å². The van der Waals surface area contributed by atoms with Crippen LogP contribution in [-0.4, -0.2) is 11.6 Å². The van der Waals surface area contributed by atoms with Crippen LogP contribution in [-0.2, 0) is 4.74 Å². The van der Waals surface area contributed by atoms with Gasteiger partial charge in [0.15, 0.2) is 0 Å². The number of benzene rings is 2. The summed E-state index contributed by atoms with van der Waals surface area (Å²) in [6, 6.07) is 17.7. The molecular weight excluding hydrogens is 248 g/mol. The zero-order chi connectivity index (χ0) is 14.2. The predicted molar refractivity (Wildman–Crippen MR) is 80.2 cm³/mol.